The van der Waals surface area contributed by atoms with Gasteiger partial charge >= 0.3 is 0 Å². The number of amides is 1. The van der Waals surface area contributed by atoms with E-state index in [2.05, 4.69) is 4.57 Å². The largest absolute Gasteiger partial charge is 0.493 e. The molecule has 0 bridgehead atoms. The lowest BCUT2D eigenvalue weighted by atomic mass is 10.1. The van der Waals surface area contributed by atoms with Crippen molar-refractivity contribution in [2.24, 2.45) is 5.73 Å². The molecule has 0 atom stereocenters. The molecule has 3 aromatic carbocycles. The van der Waals surface area contributed by atoms with E-state index in [0.29, 0.717) is 29.7 Å². The maximum absolute atomic E-state index is 11.7. The van der Waals surface area contributed by atoms with Gasteiger partial charge < -0.3 is 19.8 Å². The van der Waals surface area contributed by atoms with Gasteiger partial charge in [0.1, 0.15) is 12.4 Å². The summed E-state index contributed by atoms with van der Waals surface area (Å²) >= 11 is 0. The molecule has 0 aliphatic heterocycles. The van der Waals surface area contributed by atoms with Gasteiger partial charge in [-0.05, 0) is 54.8 Å². The van der Waals surface area contributed by atoms with Crippen LogP contribution in [0.3, 0.4) is 0 Å². The van der Waals surface area contributed by atoms with Gasteiger partial charge in [-0.2, -0.15) is 0 Å². The van der Waals surface area contributed by atoms with E-state index in [1.54, 1.807) is 19.2 Å². The van der Waals surface area contributed by atoms with Crippen LogP contribution in [0, 0.1) is 0 Å². The van der Waals surface area contributed by atoms with Crippen LogP contribution in [0.2, 0.25) is 0 Å². The first kappa shape index (κ1) is 21.1. The number of hydrogen-bond donors (Lipinski definition) is 1. The molecule has 6 nitrogen and oxygen atoms in total. The molecule has 4 aromatic rings. The van der Waals surface area contributed by atoms with Gasteiger partial charge in [-0.1, -0.05) is 43.2 Å². The first-order valence-corrected chi connectivity index (χ1v) is 11.3. The minimum Gasteiger partial charge on any atom is -0.493 e. The molecule has 1 aromatic heterocycles. The van der Waals surface area contributed by atoms with Gasteiger partial charge in [0.25, 0.3) is 0 Å². The molecule has 0 spiro atoms. The summed E-state index contributed by atoms with van der Waals surface area (Å²) in [5, 5.41) is 0. The maximum Gasteiger partial charge on any atom is 0.248 e. The van der Waals surface area contributed by atoms with Crippen molar-refractivity contribution in [2.75, 3.05) is 7.11 Å². The van der Waals surface area contributed by atoms with Gasteiger partial charge in [0, 0.05) is 17.2 Å². The monoisotopic (exact) mass is 441 g/mol. The number of imidazole rings is 1. The number of fused-ring (bicyclic) bond motifs is 1. The second-order valence-corrected chi connectivity index (χ2v) is 8.45. The predicted octanol–water partition coefficient (Wildman–Crippen LogP) is 5.50. The van der Waals surface area contributed by atoms with Gasteiger partial charge in [-0.15, -0.1) is 0 Å². The summed E-state index contributed by atoms with van der Waals surface area (Å²) in [5.74, 6) is 1.76. The van der Waals surface area contributed by atoms with Gasteiger partial charge in [-0.25, -0.2) is 4.98 Å². The van der Waals surface area contributed by atoms with Gasteiger partial charge in [0.05, 0.1) is 18.1 Å². The van der Waals surface area contributed by atoms with Crippen molar-refractivity contribution < 1.29 is 14.3 Å². The molecule has 6 heteroatoms. The highest BCUT2D eigenvalue weighted by molar-refractivity contribution is 5.96. The summed E-state index contributed by atoms with van der Waals surface area (Å²) in [6.45, 7) is 0.465. The Morgan fingerprint density at radius 2 is 1.82 bits per heavy atom. The molecular weight excluding hydrogens is 414 g/mol. The Morgan fingerprint density at radius 1 is 1.03 bits per heavy atom. The molecule has 1 fully saturated rings. The zero-order valence-electron chi connectivity index (χ0n) is 18.7. The fourth-order valence-electron chi connectivity index (χ4n) is 4.65. The summed E-state index contributed by atoms with van der Waals surface area (Å²) in [7, 11) is 1.65. The lowest BCUT2D eigenvalue weighted by Crippen LogP contribution is -2.10. The van der Waals surface area contributed by atoms with E-state index in [-0.39, 0.29) is 0 Å². The Bertz CT molecular complexity index is 1290. The van der Waals surface area contributed by atoms with Crippen LogP contribution < -0.4 is 15.2 Å². The van der Waals surface area contributed by atoms with Crippen LogP contribution in [0.1, 0.15) is 47.6 Å². The second-order valence-electron chi connectivity index (χ2n) is 8.45. The highest BCUT2D eigenvalue weighted by Crippen LogP contribution is 2.39. The van der Waals surface area contributed by atoms with E-state index < -0.39 is 5.91 Å². The summed E-state index contributed by atoms with van der Waals surface area (Å²) in [5.41, 5.74) is 9.80. The van der Waals surface area contributed by atoms with E-state index in [1.807, 2.05) is 54.6 Å². The molecule has 1 saturated carbocycles. The number of carbonyl (C=O) groups excluding carboxylic acids is 1. The SMILES string of the molecule is COc1cc(-c2nc3cc(C(N)=O)ccc3n2C2CCCC2)ccc1OCc1ccccc1. The van der Waals surface area contributed by atoms with Crippen molar-refractivity contribution in [3.63, 3.8) is 0 Å². The van der Waals surface area contributed by atoms with Gasteiger partial charge in [0.15, 0.2) is 11.5 Å². The third-order valence-electron chi connectivity index (χ3n) is 6.32. The molecule has 0 radical (unpaired) electrons. The Kier molecular flexibility index (Phi) is 5.73. The number of primary amides is 1. The summed E-state index contributed by atoms with van der Waals surface area (Å²) < 4.78 is 14.0. The van der Waals surface area contributed by atoms with Crippen LogP contribution >= 0.6 is 0 Å². The normalized spacial score (nSPS) is 14.0. The Labute approximate surface area is 193 Å². The van der Waals surface area contributed by atoms with Crippen LogP contribution in [-0.2, 0) is 6.61 Å². The minimum absolute atomic E-state index is 0.379. The van der Waals surface area contributed by atoms with E-state index >= 15 is 0 Å². The Morgan fingerprint density at radius 3 is 2.55 bits per heavy atom. The van der Waals surface area contributed by atoms with Crippen LogP contribution in [0.15, 0.2) is 66.7 Å². The third kappa shape index (κ3) is 4.16. The standard InChI is InChI=1S/C27H27N3O3/c1-32-25-16-20(12-14-24(25)33-17-18-7-3-2-4-8-18)27-29-22-15-19(26(28)31)11-13-23(22)30(27)21-9-5-6-10-21/h2-4,7-8,11-16,21H,5-6,9-10,17H2,1H3,(H2,28,31). The number of nitrogens with zero attached hydrogens (tertiary/aromatic N) is 2. The number of rotatable bonds is 7. The Hall–Kier alpha value is -3.80. The number of benzene rings is 3. The summed E-state index contributed by atoms with van der Waals surface area (Å²) in [4.78, 5) is 16.6. The van der Waals surface area contributed by atoms with Gasteiger partial charge in [0.2, 0.25) is 5.91 Å². The summed E-state index contributed by atoms with van der Waals surface area (Å²) in [6.07, 6.45) is 4.65. The molecule has 2 N–H and O–H groups in total. The quantitative estimate of drug-likeness (QED) is 0.410. The first-order valence-electron chi connectivity index (χ1n) is 11.3. The molecular formula is C27H27N3O3. The number of aromatic nitrogens is 2. The van der Waals surface area contributed by atoms with Crippen molar-refractivity contribution in [3.8, 4) is 22.9 Å². The van der Waals surface area contributed by atoms with Crippen molar-refractivity contribution in [1.82, 2.24) is 9.55 Å². The predicted molar refractivity (Wildman–Crippen MR) is 129 cm³/mol. The lowest BCUT2D eigenvalue weighted by Gasteiger charge is -2.18. The van der Waals surface area contributed by atoms with Crippen molar-refractivity contribution >= 4 is 16.9 Å². The highest BCUT2D eigenvalue weighted by atomic mass is 16.5. The minimum atomic E-state index is -0.449. The average Bonchev–Trinajstić information content (AvgIpc) is 3.50. The van der Waals surface area contributed by atoms with E-state index in [9.17, 15) is 4.79 Å². The number of ether oxygens (including phenoxy) is 2. The summed E-state index contributed by atoms with van der Waals surface area (Å²) in [6, 6.07) is 21.9. The zero-order chi connectivity index (χ0) is 22.8. The van der Waals surface area contributed by atoms with E-state index in [1.165, 1.54) is 12.8 Å². The second kappa shape index (κ2) is 8.98. The number of carbonyl (C=O) groups is 1. The van der Waals surface area contributed by atoms with Crippen LogP contribution in [0.25, 0.3) is 22.4 Å². The van der Waals surface area contributed by atoms with E-state index in [4.69, 9.17) is 20.2 Å². The maximum atomic E-state index is 11.7. The van der Waals surface area contributed by atoms with Crippen molar-refractivity contribution in [3.05, 3.63) is 77.9 Å². The highest BCUT2D eigenvalue weighted by Gasteiger charge is 2.24. The molecule has 33 heavy (non-hydrogen) atoms. The fraction of sp³-hybridized carbons (Fsp3) is 0.259. The molecule has 1 aliphatic carbocycles. The van der Waals surface area contributed by atoms with Crippen LogP contribution in [-0.4, -0.2) is 22.6 Å². The molecule has 1 heterocycles. The molecule has 168 valence electrons. The molecule has 1 aliphatic rings. The Balaban J connectivity index is 1.54. The lowest BCUT2D eigenvalue weighted by molar-refractivity contribution is 0.100. The smallest absolute Gasteiger partial charge is 0.248 e. The first-order chi connectivity index (χ1) is 16.1. The van der Waals surface area contributed by atoms with E-state index in [0.717, 1.165) is 40.8 Å². The third-order valence-corrected chi connectivity index (χ3v) is 6.32. The molecule has 1 amide bonds. The topological polar surface area (TPSA) is 79.4 Å². The van der Waals surface area contributed by atoms with Crippen LogP contribution in [0.5, 0.6) is 11.5 Å². The fourth-order valence-corrected chi connectivity index (χ4v) is 4.65. The van der Waals surface area contributed by atoms with Crippen molar-refractivity contribution in [1.29, 1.82) is 0 Å². The van der Waals surface area contributed by atoms with Gasteiger partial charge in [-0.3, -0.25) is 4.79 Å². The van der Waals surface area contributed by atoms with Crippen molar-refractivity contribution in [2.45, 2.75) is 38.3 Å². The molecule has 0 saturated heterocycles. The number of hydrogen-bond acceptors (Lipinski definition) is 4. The van der Waals surface area contributed by atoms with Crippen LogP contribution in [0.4, 0.5) is 0 Å². The molecule has 5 rings (SSSR count). The average molecular weight is 442 g/mol. The molecule has 0 unspecified atom stereocenters. The zero-order valence-corrected chi connectivity index (χ0v) is 18.7. The number of nitrogens with two attached hydrogens (primary N) is 1. The number of methoxy groups -OCH3 is 1.